The average molecular weight is 243 g/mol. The van der Waals surface area contributed by atoms with Gasteiger partial charge in [-0.1, -0.05) is 0 Å². The zero-order valence-electron chi connectivity index (χ0n) is 9.56. The molecule has 0 aliphatic carbocycles. The quantitative estimate of drug-likeness (QED) is 0.500. The van der Waals surface area contributed by atoms with Gasteiger partial charge in [0.05, 0.1) is 0 Å². The molecule has 0 unspecified atom stereocenters. The molecule has 0 aromatic carbocycles. The van der Waals surface area contributed by atoms with Gasteiger partial charge in [0.2, 0.25) is 0 Å². The first-order chi connectivity index (χ1) is 7.50. The average Bonchev–Trinajstić information content (AvgIpc) is 2.26. The Morgan fingerprint density at radius 3 is 2.50 bits per heavy atom. The van der Waals surface area contributed by atoms with Crippen LogP contribution in [0.4, 0.5) is 4.79 Å². The van der Waals surface area contributed by atoms with Gasteiger partial charge in [-0.3, -0.25) is 5.43 Å². The van der Waals surface area contributed by atoms with Gasteiger partial charge in [0.25, 0.3) is 0 Å². The maximum atomic E-state index is 11.6. The Balaban J connectivity index is 2.42. The SMILES string of the molecule is CN(C)C(=O)N1CCC(=NNC(N)=S)CC1. The molecule has 6 nitrogen and oxygen atoms in total. The summed E-state index contributed by atoms with van der Waals surface area (Å²) >= 11 is 4.65. The van der Waals surface area contributed by atoms with Gasteiger partial charge >= 0.3 is 6.03 Å². The third-order valence-corrected chi connectivity index (χ3v) is 2.41. The molecule has 1 saturated heterocycles. The zero-order chi connectivity index (χ0) is 12.1. The van der Waals surface area contributed by atoms with Gasteiger partial charge in [-0.15, -0.1) is 0 Å². The smallest absolute Gasteiger partial charge is 0.319 e. The van der Waals surface area contributed by atoms with Gasteiger partial charge in [0, 0.05) is 45.7 Å². The summed E-state index contributed by atoms with van der Waals surface area (Å²) in [5.41, 5.74) is 8.83. The minimum Gasteiger partial charge on any atom is -0.375 e. The first kappa shape index (κ1) is 12.7. The number of nitrogens with zero attached hydrogens (tertiary/aromatic N) is 3. The van der Waals surface area contributed by atoms with E-state index in [0.717, 1.165) is 18.6 Å². The fraction of sp³-hybridized carbons (Fsp3) is 0.667. The lowest BCUT2D eigenvalue weighted by molar-refractivity contribution is 0.171. The van der Waals surface area contributed by atoms with Gasteiger partial charge in [0.1, 0.15) is 0 Å². The maximum absolute atomic E-state index is 11.6. The minimum absolute atomic E-state index is 0.0429. The molecule has 0 spiro atoms. The van der Waals surface area contributed by atoms with Crippen LogP contribution in [0.2, 0.25) is 0 Å². The van der Waals surface area contributed by atoms with Crippen molar-refractivity contribution in [2.45, 2.75) is 12.8 Å². The molecule has 1 aliphatic heterocycles. The van der Waals surface area contributed by atoms with Crippen LogP contribution in [0.25, 0.3) is 0 Å². The molecule has 1 fully saturated rings. The van der Waals surface area contributed by atoms with E-state index >= 15 is 0 Å². The van der Waals surface area contributed by atoms with Crippen molar-refractivity contribution >= 4 is 29.1 Å². The Morgan fingerprint density at radius 2 is 2.06 bits per heavy atom. The highest BCUT2D eigenvalue weighted by atomic mass is 32.1. The minimum atomic E-state index is 0.0429. The Kier molecular flexibility index (Phi) is 4.48. The van der Waals surface area contributed by atoms with E-state index in [2.05, 4.69) is 22.7 Å². The number of carbonyl (C=O) groups excluding carboxylic acids is 1. The van der Waals surface area contributed by atoms with Crippen molar-refractivity contribution < 1.29 is 4.79 Å². The summed E-state index contributed by atoms with van der Waals surface area (Å²) in [6, 6.07) is 0.0429. The van der Waals surface area contributed by atoms with Crippen LogP contribution in [0.1, 0.15) is 12.8 Å². The molecular formula is C9H17N5OS. The van der Waals surface area contributed by atoms with Gasteiger partial charge < -0.3 is 15.5 Å². The van der Waals surface area contributed by atoms with E-state index in [1.165, 1.54) is 0 Å². The fourth-order valence-electron chi connectivity index (χ4n) is 1.48. The molecule has 0 bridgehead atoms. The van der Waals surface area contributed by atoms with E-state index in [-0.39, 0.29) is 11.1 Å². The number of hydrogen-bond acceptors (Lipinski definition) is 3. The summed E-state index contributed by atoms with van der Waals surface area (Å²) in [4.78, 5) is 15.0. The van der Waals surface area contributed by atoms with E-state index in [9.17, 15) is 4.79 Å². The zero-order valence-corrected chi connectivity index (χ0v) is 10.4. The number of likely N-dealkylation sites (tertiary alicyclic amines) is 1. The Hall–Kier alpha value is -1.37. The molecule has 1 aliphatic rings. The largest absolute Gasteiger partial charge is 0.375 e. The second kappa shape index (κ2) is 5.64. The number of hydrazone groups is 1. The predicted octanol–water partition coefficient (Wildman–Crippen LogP) is -0.0470. The summed E-state index contributed by atoms with van der Waals surface area (Å²) in [7, 11) is 3.50. The van der Waals surface area contributed by atoms with Crippen molar-refractivity contribution in [2.24, 2.45) is 10.8 Å². The molecule has 0 radical (unpaired) electrons. The second-order valence-corrected chi connectivity index (χ2v) is 4.26. The summed E-state index contributed by atoms with van der Waals surface area (Å²) < 4.78 is 0. The summed E-state index contributed by atoms with van der Waals surface area (Å²) in [6.07, 6.45) is 1.52. The van der Waals surface area contributed by atoms with Crippen LogP contribution in [-0.4, -0.2) is 53.8 Å². The summed E-state index contributed by atoms with van der Waals surface area (Å²) in [6.45, 7) is 1.38. The van der Waals surface area contributed by atoms with Crippen LogP contribution in [0.3, 0.4) is 0 Å². The third kappa shape index (κ3) is 3.65. The normalized spacial score (nSPS) is 15.6. The first-order valence-electron chi connectivity index (χ1n) is 5.08. The molecule has 0 saturated carbocycles. The van der Waals surface area contributed by atoms with E-state index < -0.39 is 0 Å². The van der Waals surface area contributed by atoms with Crippen molar-refractivity contribution in [1.82, 2.24) is 15.2 Å². The molecule has 0 aromatic rings. The van der Waals surface area contributed by atoms with Crippen LogP contribution in [0.15, 0.2) is 5.10 Å². The fourth-order valence-corrected chi connectivity index (χ4v) is 1.53. The number of piperidine rings is 1. The topological polar surface area (TPSA) is 74.0 Å². The second-order valence-electron chi connectivity index (χ2n) is 3.82. The van der Waals surface area contributed by atoms with Gasteiger partial charge in [-0.2, -0.15) is 5.10 Å². The van der Waals surface area contributed by atoms with Crippen LogP contribution in [-0.2, 0) is 0 Å². The van der Waals surface area contributed by atoms with Gasteiger partial charge in [-0.25, -0.2) is 4.79 Å². The van der Waals surface area contributed by atoms with Crippen molar-refractivity contribution in [1.29, 1.82) is 0 Å². The van der Waals surface area contributed by atoms with E-state index in [4.69, 9.17) is 5.73 Å². The maximum Gasteiger partial charge on any atom is 0.319 e. The van der Waals surface area contributed by atoms with Crippen molar-refractivity contribution in [3.8, 4) is 0 Å². The molecule has 90 valence electrons. The highest BCUT2D eigenvalue weighted by Crippen LogP contribution is 2.08. The number of hydrogen-bond donors (Lipinski definition) is 2. The molecule has 3 N–H and O–H groups in total. The number of carbonyl (C=O) groups is 1. The van der Waals surface area contributed by atoms with Gasteiger partial charge in [0.15, 0.2) is 5.11 Å². The molecule has 1 heterocycles. The van der Waals surface area contributed by atoms with Crippen molar-refractivity contribution in [2.75, 3.05) is 27.2 Å². The lowest BCUT2D eigenvalue weighted by atomic mass is 10.1. The van der Waals surface area contributed by atoms with Crippen LogP contribution in [0, 0.1) is 0 Å². The standard InChI is InChI=1S/C9H17N5OS/c1-13(2)9(15)14-5-3-7(4-6-14)11-12-8(10)16/h3-6H2,1-2H3,(H3,10,12,16). The van der Waals surface area contributed by atoms with Crippen LogP contribution < -0.4 is 11.2 Å². The number of thiocarbonyl (C=S) groups is 1. The van der Waals surface area contributed by atoms with E-state index in [0.29, 0.717) is 13.1 Å². The highest BCUT2D eigenvalue weighted by Gasteiger charge is 2.20. The van der Waals surface area contributed by atoms with Gasteiger partial charge in [-0.05, 0) is 12.2 Å². The molecule has 2 amide bonds. The van der Waals surface area contributed by atoms with Crippen LogP contribution >= 0.6 is 12.2 Å². The predicted molar refractivity (Wildman–Crippen MR) is 67.2 cm³/mol. The Bertz CT molecular complexity index is 305. The van der Waals surface area contributed by atoms with Crippen molar-refractivity contribution in [3.05, 3.63) is 0 Å². The van der Waals surface area contributed by atoms with Crippen molar-refractivity contribution in [3.63, 3.8) is 0 Å². The third-order valence-electron chi connectivity index (χ3n) is 2.32. The molecule has 1 rings (SSSR count). The number of nitrogens with one attached hydrogen (secondary N) is 1. The monoisotopic (exact) mass is 243 g/mol. The molecule has 0 atom stereocenters. The molecule has 7 heteroatoms. The van der Waals surface area contributed by atoms with Crippen LogP contribution in [0.5, 0.6) is 0 Å². The number of rotatable bonds is 1. The van der Waals surface area contributed by atoms with E-state index in [1.807, 2.05) is 0 Å². The number of amides is 2. The first-order valence-corrected chi connectivity index (χ1v) is 5.48. The Labute approximate surface area is 100 Å². The molecule has 0 aromatic heterocycles. The molecular weight excluding hydrogens is 226 g/mol. The highest BCUT2D eigenvalue weighted by molar-refractivity contribution is 7.80. The lowest BCUT2D eigenvalue weighted by Gasteiger charge is -2.30. The summed E-state index contributed by atoms with van der Waals surface area (Å²) in [5, 5.41) is 4.24. The van der Waals surface area contributed by atoms with E-state index in [1.54, 1.807) is 23.9 Å². The Morgan fingerprint density at radius 1 is 1.50 bits per heavy atom. The number of nitrogens with two attached hydrogens (primary N) is 1. The summed E-state index contributed by atoms with van der Waals surface area (Å²) in [5.74, 6) is 0. The lowest BCUT2D eigenvalue weighted by Crippen LogP contribution is -2.44. The molecule has 16 heavy (non-hydrogen) atoms. The number of urea groups is 1.